The first kappa shape index (κ1) is 16.8. The Bertz CT molecular complexity index is 355. The van der Waals surface area contributed by atoms with Crippen LogP contribution in [-0.4, -0.2) is 55.0 Å². The number of methoxy groups -OCH3 is 1. The molecule has 0 N–H and O–H groups in total. The van der Waals surface area contributed by atoms with Gasteiger partial charge in [-0.25, -0.2) is 9.59 Å². The third kappa shape index (κ3) is 4.10. The van der Waals surface area contributed by atoms with Crippen LogP contribution in [0.25, 0.3) is 0 Å². The molecule has 1 amide bonds. The van der Waals surface area contributed by atoms with E-state index in [9.17, 15) is 9.59 Å². The van der Waals surface area contributed by atoms with E-state index in [0.717, 1.165) is 12.8 Å². The van der Waals surface area contributed by atoms with Crippen molar-refractivity contribution in [3.63, 3.8) is 0 Å². The van der Waals surface area contributed by atoms with Crippen LogP contribution in [0.3, 0.4) is 0 Å². The van der Waals surface area contributed by atoms with E-state index in [-0.39, 0.29) is 13.1 Å². The van der Waals surface area contributed by atoms with E-state index < -0.39 is 23.3 Å². The zero-order valence-corrected chi connectivity index (χ0v) is 13.0. The number of nitrogens with zero attached hydrogens (tertiary/aromatic N) is 1. The van der Waals surface area contributed by atoms with Gasteiger partial charge in [0.1, 0.15) is 5.60 Å². The Morgan fingerprint density at radius 2 is 1.85 bits per heavy atom. The molecular weight excluding hydrogens is 262 g/mol. The topological polar surface area (TPSA) is 65.1 Å². The molecule has 20 heavy (non-hydrogen) atoms. The minimum absolute atomic E-state index is 0.179. The lowest BCUT2D eigenvalue weighted by molar-refractivity contribution is -0.192. The van der Waals surface area contributed by atoms with Gasteiger partial charge in [0.2, 0.25) is 0 Å². The zero-order valence-electron chi connectivity index (χ0n) is 13.0. The molecule has 116 valence electrons. The first-order valence-electron chi connectivity index (χ1n) is 6.94. The first-order valence-corrected chi connectivity index (χ1v) is 6.94. The summed E-state index contributed by atoms with van der Waals surface area (Å²) < 4.78 is 15.7. The summed E-state index contributed by atoms with van der Waals surface area (Å²) in [4.78, 5) is 25.2. The summed E-state index contributed by atoms with van der Waals surface area (Å²) in [5, 5.41) is 0. The molecule has 1 aliphatic rings. The number of likely N-dealkylation sites (tertiary alicyclic amines) is 1. The van der Waals surface area contributed by atoms with Crippen molar-refractivity contribution >= 4 is 12.1 Å². The molecule has 0 aromatic rings. The molecule has 0 atom stereocenters. The highest BCUT2D eigenvalue weighted by molar-refractivity contribution is 5.84. The number of hydrogen-bond acceptors (Lipinski definition) is 5. The summed E-state index contributed by atoms with van der Waals surface area (Å²) in [6, 6.07) is 0. The fourth-order valence-corrected chi connectivity index (χ4v) is 1.90. The van der Waals surface area contributed by atoms with Crippen LogP contribution in [0.5, 0.6) is 0 Å². The highest BCUT2D eigenvalue weighted by Gasteiger charge is 2.54. The lowest BCUT2D eigenvalue weighted by atomic mass is 9.94. The monoisotopic (exact) mass is 287 g/mol. The van der Waals surface area contributed by atoms with Crippen LogP contribution >= 0.6 is 0 Å². The minimum atomic E-state index is -1.03. The summed E-state index contributed by atoms with van der Waals surface area (Å²) in [6.45, 7) is 8.29. The molecule has 1 fully saturated rings. The van der Waals surface area contributed by atoms with Crippen molar-refractivity contribution in [3.8, 4) is 0 Å². The smallest absolute Gasteiger partial charge is 0.410 e. The molecule has 0 saturated carbocycles. The molecule has 1 saturated heterocycles. The Morgan fingerprint density at radius 3 is 2.30 bits per heavy atom. The van der Waals surface area contributed by atoms with Gasteiger partial charge in [-0.05, 0) is 27.2 Å². The Balaban J connectivity index is 2.57. The van der Waals surface area contributed by atoms with Crippen molar-refractivity contribution < 1.29 is 23.8 Å². The third-order valence-corrected chi connectivity index (χ3v) is 2.98. The first-order chi connectivity index (χ1) is 9.24. The second-order valence-electron chi connectivity index (χ2n) is 6.02. The van der Waals surface area contributed by atoms with Gasteiger partial charge in [-0.2, -0.15) is 0 Å². The second kappa shape index (κ2) is 6.43. The van der Waals surface area contributed by atoms with E-state index in [1.807, 2.05) is 6.92 Å². The van der Waals surface area contributed by atoms with E-state index in [1.54, 1.807) is 20.8 Å². The van der Waals surface area contributed by atoms with E-state index >= 15 is 0 Å². The average Bonchev–Trinajstić information content (AvgIpc) is 2.29. The van der Waals surface area contributed by atoms with Gasteiger partial charge in [0.25, 0.3) is 0 Å². The van der Waals surface area contributed by atoms with Crippen molar-refractivity contribution in [3.05, 3.63) is 0 Å². The highest BCUT2D eigenvalue weighted by atomic mass is 16.6. The maximum atomic E-state index is 11.9. The van der Waals surface area contributed by atoms with Gasteiger partial charge in [0.05, 0.1) is 20.2 Å². The second-order valence-corrected chi connectivity index (χ2v) is 6.02. The average molecular weight is 287 g/mol. The largest absolute Gasteiger partial charge is 0.467 e. The molecule has 1 aliphatic heterocycles. The number of amides is 1. The summed E-state index contributed by atoms with van der Waals surface area (Å²) in [5.74, 6) is -0.437. The molecule has 0 aromatic heterocycles. The van der Waals surface area contributed by atoms with Gasteiger partial charge in [-0.1, -0.05) is 13.3 Å². The standard InChI is InChI=1S/C14H25NO5/c1-6-7-8-19-14(11(16)18-5)9-15(10-14)12(17)20-13(2,3)4/h6-10H2,1-5H3. The van der Waals surface area contributed by atoms with Gasteiger partial charge < -0.3 is 19.1 Å². The fraction of sp³-hybridized carbons (Fsp3) is 0.857. The number of esters is 1. The Labute approximate surface area is 120 Å². The quantitative estimate of drug-likeness (QED) is 0.571. The van der Waals surface area contributed by atoms with Crippen LogP contribution in [0.2, 0.25) is 0 Å². The molecular formula is C14H25NO5. The normalized spacial score (nSPS) is 17.4. The zero-order chi connectivity index (χ0) is 15.4. The van der Waals surface area contributed by atoms with Crippen molar-refractivity contribution in [2.75, 3.05) is 26.8 Å². The van der Waals surface area contributed by atoms with Crippen molar-refractivity contribution in [2.24, 2.45) is 0 Å². The molecule has 0 aromatic carbocycles. The van der Waals surface area contributed by atoms with Crippen LogP contribution in [-0.2, 0) is 19.0 Å². The molecule has 0 aliphatic carbocycles. The maximum absolute atomic E-state index is 11.9. The fourth-order valence-electron chi connectivity index (χ4n) is 1.90. The number of carbonyl (C=O) groups excluding carboxylic acids is 2. The van der Waals surface area contributed by atoms with Crippen LogP contribution in [0.15, 0.2) is 0 Å². The predicted molar refractivity (Wildman–Crippen MR) is 73.4 cm³/mol. The van der Waals surface area contributed by atoms with Gasteiger partial charge in [0, 0.05) is 6.61 Å². The lowest BCUT2D eigenvalue weighted by Crippen LogP contribution is -2.69. The summed E-state index contributed by atoms with van der Waals surface area (Å²) in [5.41, 5.74) is -1.58. The van der Waals surface area contributed by atoms with E-state index in [1.165, 1.54) is 12.0 Å². The maximum Gasteiger partial charge on any atom is 0.410 e. The van der Waals surface area contributed by atoms with Crippen LogP contribution in [0.1, 0.15) is 40.5 Å². The van der Waals surface area contributed by atoms with E-state index in [2.05, 4.69) is 0 Å². The lowest BCUT2D eigenvalue weighted by Gasteiger charge is -2.46. The minimum Gasteiger partial charge on any atom is -0.467 e. The van der Waals surface area contributed by atoms with Crippen LogP contribution in [0, 0.1) is 0 Å². The highest BCUT2D eigenvalue weighted by Crippen LogP contribution is 2.28. The summed E-state index contributed by atoms with van der Waals surface area (Å²) >= 11 is 0. The van der Waals surface area contributed by atoms with E-state index in [4.69, 9.17) is 14.2 Å². The van der Waals surface area contributed by atoms with Crippen molar-refractivity contribution in [1.29, 1.82) is 0 Å². The van der Waals surface area contributed by atoms with Gasteiger partial charge >= 0.3 is 12.1 Å². The third-order valence-electron chi connectivity index (χ3n) is 2.98. The van der Waals surface area contributed by atoms with Crippen LogP contribution in [0.4, 0.5) is 4.79 Å². The van der Waals surface area contributed by atoms with Gasteiger partial charge in [0.15, 0.2) is 5.60 Å². The number of ether oxygens (including phenoxy) is 3. The molecule has 6 nitrogen and oxygen atoms in total. The number of rotatable bonds is 5. The number of carbonyl (C=O) groups is 2. The van der Waals surface area contributed by atoms with Crippen molar-refractivity contribution in [1.82, 2.24) is 4.90 Å². The molecule has 0 radical (unpaired) electrons. The molecule has 0 spiro atoms. The Hall–Kier alpha value is -1.30. The summed E-state index contributed by atoms with van der Waals surface area (Å²) in [6.07, 6.45) is 1.41. The van der Waals surface area contributed by atoms with Crippen LogP contribution < -0.4 is 0 Å². The number of hydrogen-bond donors (Lipinski definition) is 0. The number of unbranched alkanes of at least 4 members (excludes halogenated alkanes) is 1. The summed E-state index contributed by atoms with van der Waals surface area (Å²) in [7, 11) is 1.32. The van der Waals surface area contributed by atoms with E-state index in [0.29, 0.717) is 6.61 Å². The van der Waals surface area contributed by atoms with Crippen molar-refractivity contribution in [2.45, 2.75) is 51.7 Å². The van der Waals surface area contributed by atoms with Gasteiger partial charge in [-0.3, -0.25) is 0 Å². The Morgan fingerprint density at radius 1 is 1.25 bits per heavy atom. The predicted octanol–water partition coefficient (Wildman–Crippen LogP) is 1.97. The molecule has 1 heterocycles. The molecule has 0 bridgehead atoms. The van der Waals surface area contributed by atoms with Gasteiger partial charge in [-0.15, -0.1) is 0 Å². The Kier molecular flexibility index (Phi) is 5.39. The SMILES string of the molecule is CCCCOC1(C(=O)OC)CN(C(=O)OC(C)(C)C)C1. The molecule has 6 heteroatoms. The molecule has 1 rings (SSSR count). The molecule has 0 unspecified atom stereocenters.